The molecule has 0 aliphatic heterocycles. The van der Waals surface area contributed by atoms with Gasteiger partial charge >= 0.3 is 6.09 Å². The Kier molecular flexibility index (Phi) is 7.49. The highest BCUT2D eigenvalue weighted by atomic mass is 19.1. The van der Waals surface area contributed by atoms with Crippen molar-refractivity contribution >= 4 is 6.09 Å². The predicted octanol–water partition coefficient (Wildman–Crippen LogP) is 4.12. The van der Waals surface area contributed by atoms with E-state index in [1.165, 1.54) is 6.07 Å². The molecule has 0 fully saturated rings. The largest absolute Gasteiger partial charge is 0.444 e. The Morgan fingerprint density at radius 2 is 2.09 bits per heavy atom. The fourth-order valence-corrected chi connectivity index (χ4v) is 2.24. The number of halogens is 1. The molecule has 5 heteroatoms. The van der Waals surface area contributed by atoms with Crippen molar-refractivity contribution in [1.29, 1.82) is 0 Å². The summed E-state index contributed by atoms with van der Waals surface area (Å²) in [4.78, 5) is 13.4. The molecule has 130 valence electrons. The van der Waals surface area contributed by atoms with Crippen LogP contribution in [0.25, 0.3) is 0 Å². The molecule has 1 aromatic rings. The van der Waals surface area contributed by atoms with E-state index in [1.54, 1.807) is 24.1 Å². The van der Waals surface area contributed by atoms with Crippen LogP contribution in [0.1, 0.15) is 52.1 Å². The zero-order chi connectivity index (χ0) is 17.5. The van der Waals surface area contributed by atoms with Gasteiger partial charge in [-0.1, -0.05) is 19.1 Å². The predicted molar refractivity (Wildman–Crippen MR) is 90.9 cm³/mol. The lowest BCUT2D eigenvalue weighted by Crippen LogP contribution is -2.35. The van der Waals surface area contributed by atoms with Crippen LogP contribution in [0, 0.1) is 5.82 Å². The first-order valence-electron chi connectivity index (χ1n) is 8.16. The van der Waals surface area contributed by atoms with E-state index in [0.717, 1.165) is 24.9 Å². The van der Waals surface area contributed by atoms with Gasteiger partial charge in [-0.25, -0.2) is 9.18 Å². The maximum absolute atomic E-state index is 13.3. The van der Waals surface area contributed by atoms with Gasteiger partial charge in [0.2, 0.25) is 0 Å². The van der Waals surface area contributed by atoms with Crippen molar-refractivity contribution in [3.8, 4) is 0 Å². The van der Waals surface area contributed by atoms with Crippen LogP contribution in [-0.2, 0) is 4.74 Å². The number of nitrogens with one attached hydrogen (secondary N) is 1. The first kappa shape index (κ1) is 19.4. The number of ether oxygens (including phenoxy) is 1. The van der Waals surface area contributed by atoms with Crippen molar-refractivity contribution in [1.82, 2.24) is 10.2 Å². The minimum Gasteiger partial charge on any atom is -0.444 e. The molecule has 23 heavy (non-hydrogen) atoms. The zero-order valence-corrected chi connectivity index (χ0v) is 14.9. The number of hydrogen-bond acceptors (Lipinski definition) is 3. The van der Waals surface area contributed by atoms with Gasteiger partial charge in [0.15, 0.2) is 0 Å². The molecule has 0 radical (unpaired) electrons. The summed E-state index contributed by atoms with van der Waals surface area (Å²) in [6.45, 7) is 8.99. The minimum atomic E-state index is -0.478. The molecule has 1 N–H and O–H groups in total. The third kappa shape index (κ3) is 7.46. The van der Waals surface area contributed by atoms with E-state index in [0.29, 0.717) is 6.54 Å². The molecule has 0 bridgehead atoms. The van der Waals surface area contributed by atoms with Crippen LogP contribution >= 0.6 is 0 Å². The highest BCUT2D eigenvalue weighted by Crippen LogP contribution is 2.17. The van der Waals surface area contributed by atoms with Crippen LogP contribution in [0.2, 0.25) is 0 Å². The van der Waals surface area contributed by atoms with Crippen molar-refractivity contribution in [2.45, 2.75) is 52.2 Å². The second-order valence-electron chi connectivity index (χ2n) is 6.73. The maximum atomic E-state index is 13.3. The molecule has 0 aromatic heterocycles. The summed E-state index contributed by atoms with van der Waals surface area (Å²) in [5.41, 5.74) is 0.474. The first-order chi connectivity index (χ1) is 10.7. The van der Waals surface area contributed by atoms with Crippen molar-refractivity contribution in [2.24, 2.45) is 0 Å². The molecule has 0 aliphatic carbocycles. The lowest BCUT2D eigenvalue weighted by Gasteiger charge is -2.25. The third-order valence-electron chi connectivity index (χ3n) is 3.43. The van der Waals surface area contributed by atoms with Gasteiger partial charge in [-0.3, -0.25) is 0 Å². The molecule has 1 atom stereocenters. The van der Waals surface area contributed by atoms with Crippen LogP contribution in [-0.4, -0.2) is 36.7 Å². The molecule has 0 saturated carbocycles. The van der Waals surface area contributed by atoms with Crippen LogP contribution in [0.3, 0.4) is 0 Å². The topological polar surface area (TPSA) is 41.6 Å². The molecule has 0 heterocycles. The van der Waals surface area contributed by atoms with Gasteiger partial charge in [-0.05, 0) is 57.9 Å². The number of nitrogens with zero attached hydrogens (tertiary/aromatic N) is 1. The fourth-order valence-electron chi connectivity index (χ4n) is 2.24. The van der Waals surface area contributed by atoms with Gasteiger partial charge in [0.05, 0.1) is 0 Å². The molecule has 1 rings (SSSR count). The molecular weight excluding hydrogens is 295 g/mol. The van der Waals surface area contributed by atoms with E-state index in [9.17, 15) is 9.18 Å². The number of carbonyl (C=O) groups is 1. The van der Waals surface area contributed by atoms with E-state index >= 15 is 0 Å². The van der Waals surface area contributed by atoms with E-state index < -0.39 is 5.60 Å². The number of benzene rings is 1. The number of hydrogen-bond donors (Lipinski definition) is 1. The van der Waals surface area contributed by atoms with Gasteiger partial charge in [0.1, 0.15) is 11.4 Å². The average Bonchev–Trinajstić information content (AvgIpc) is 2.45. The second-order valence-corrected chi connectivity index (χ2v) is 6.73. The molecule has 4 nitrogen and oxygen atoms in total. The van der Waals surface area contributed by atoms with E-state index in [-0.39, 0.29) is 18.0 Å². The fraction of sp³-hybridized carbons (Fsp3) is 0.611. The summed E-state index contributed by atoms with van der Waals surface area (Å²) in [5, 5.41) is 3.41. The van der Waals surface area contributed by atoms with Crippen molar-refractivity contribution in [3.05, 3.63) is 35.6 Å². The summed E-state index contributed by atoms with van der Waals surface area (Å²) < 4.78 is 18.6. The first-order valence-corrected chi connectivity index (χ1v) is 8.16. The van der Waals surface area contributed by atoms with Gasteiger partial charge in [0, 0.05) is 19.6 Å². The molecule has 0 spiro atoms. The summed E-state index contributed by atoms with van der Waals surface area (Å²) in [7, 11) is 1.73. The SMILES string of the molecule is CCC(NCCCN(C)C(=O)OC(C)(C)C)c1cccc(F)c1. The normalized spacial score (nSPS) is 12.8. The monoisotopic (exact) mass is 324 g/mol. The smallest absolute Gasteiger partial charge is 0.410 e. The standard InChI is InChI=1S/C18H29FN2O2/c1-6-16(14-9-7-10-15(19)13-14)20-11-8-12-21(5)17(22)23-18(2,3)4/h7,9-10,13,16,20H,6,8,11-12H2,1-5H3. The maximum Gasteiger partial charge on any atom is 0.410 e. The van der Waals surface area contributed by atoms with Crippen LogP contribution in [0.5, 0.6) is 0 Å². The zero-order valence-electron chi connectivity index (χ0n) is 14.9. The van der Waals surface area contributed by atoms with Crippen LogP contribution < -0.4 is 5.32 Å². The molecule has 0 aliphatic rings. The molecule has 1 amide bonds. The third-order valence-corrected chi connectivity index (χ3v) is 3.43. The van der Waals surface area contributed by atoms with Crippen LogP contribution in [0.15, 0.2) is 24.3 Å². The second kappa shape index (κ2) is 8.87. The van der Waals surface area contributed by atoms with Crippen molar-refractivity contribution in [2.75, 3.05) is 20.1 Å². The Bertz CT molecular complexity index is 500. The van der Waals surface area contributed by atoms with Gasteiger partial charge in [0.25, 0.3) is 0 Å². The molecule has 1 unspecified atom stereocenters. The van der Waals surface area contributed by atoms with E-state index in [2.05, 4.69) is 12.2 Å². The average molecular weight is 324 g/mol. The number of carbonyl (C=O) groups excluding carboxylic acids is 1. The highest BCUT2D eigenvalue weighted by molar-refractivity contribution is 5.67. The Hall–Kier alpha value is -1.62. The van der Waals surface area contributed by atoms with E-state index in [1.807, 2.05) is 26.8 Å². The summed E-state index contributed by atoms with van der Waals surface area (Å²) in [6.07, 6.45) is 1.38. The number of amides is 1. The van der Waals surface area contributed by atoms with Crippen LogP contribution in [0.4, 0.5) is 9.18 Å². The summed E-state index contributed by atoms with van der Waals surface area (Å²) >= 11 is 0. The van der Waals surface area contributed by atoms with E-state index in [4.69, 9.17) is 4.74 Å². The quantitative estimate of drug-likeness (QED) is 0.767. The van der Waals surface area contributed by atoms with Gasteiger partial charge in [-0.2, -0.15) is 0 Å². The molecule has 1 aromatic carbocycles. The molecular formula is C18H29FN2O2. The Morgan fingerprint density at radius 3 is 2.65 bits per heavy atom. The summed E-state index contributed by atoms with van der Waals surface area (Å²) in [6, 6.07) is 6.79. The minimum absolute atomic E-state index is 0.123. The Morgan fingerprint density at radius 1 is 1.39 bits per heavy atom. The van der Waals surface area contributed by atoms with Crippen molar-refractivity contribution < 1.29 is 13.9 Å². The van der Waals surface area contributed by atoms with Gasteiger partial charge < -0.3 is 15.0 Å². The molecule has 0 saturated heterocycles. The Balaban J connectivity index is 2.36. The van der Waals surface area contributed by atoms with Crippen molar-refractivity contribution in [3.63, 3.8) is 0 Å². The Labute approximate surface area is 139 Å². The number of rotatable bonds is 7. The lowest BCUT2D eigenvalue weighted by atomic mass is 10.0. The van der Waals surface area contributed by atoms with Gasteiger partial charge in [-0.15, -0.1) is 0 Å². The lowest BCUT2D eigenvalue weighted by molar-refractivity contribution is 0.0297. The summed E-state index contributed by atoms with van der Waals surface area (Å²) in [5.74, 6) is -0.215. The highest BCUT2D eigenvalue weighted by Gasteiger charge is 2.19.